The summed E-state index contributed by atoms with van der Waals surface area (Å²) in [6.45, 7) is 4.63. The molecule has 0 fully saturated rings. The molecule has 0 saturated heterocycles. The Morgan fingerprint density at radius 2 is 2.11 bits per heavy atom. The fraction of sp³-hybridized carbons (Fsp3) is 0.500. The molecule has 4 nitrogen and oxygen atoms in total. The van der Waals surface area contributed by atoms with E-state index in [-0.39, 0.29) is 5.82 Å². The number of benzene rings is 1. The van der Waals surface area contributed by atoms with Crippen LogP contribution in [-0.4, -0.2) is 32.8 Å². The van der Waals surface area contributed by atoms with E-state index in [4.69, 9.17) is 4.74 Å². The van der Waals surface area contributed by atoms with Crippen molar-refractivity contribution in [1.29, 1.82) is 0 Å². The molecule has 0 atom stereocenters. The molecule has 0 radical (unpaired) electrons. The summed E-state index contributed by atoms with van der Waals surface area (Å²) in [5, 5.41) is 6.23. The lowest BCUT2D eigenvalue weighted by Crippen LogP contribution is -2.37. The fourth-order valence-electron chi connectivity index (χ4n) is 1.57. The molecule has 1 aromatic rings. The Bertz CT molecular complexity index is 396. The second-order valence-corrected chi connectivity index (χ2v) is 3.99. The van der Waals surface area contributed by atoms with Crippen molar-refractivity contribution in [3.05, 3.63) is 35.6 Å². The van der Waals surface area contributed by atoms with Crippen molar-refractivity contribution in [2.24, 2.45) is 4.99 Å². The maximum absolute atomic E-state index is 13.4. The van der Waals surface area contributed by atoms with Crippen LogP contribution in [0.3, 0.4) is 0 Å². The summed E-state index contributed by atoms with van der Waals surface area (Å²) in [7, 11) is 1.69. The minimum absolute atomic E-state index is 0.207. The van der Waals surface area contributed by atoms with Gasteiger partial charge in [0.05, 0.1) is 0 Å². The monoisotopic (exact) mass is 267 g/mol. The number of ether oxygens (including phenoxy) is 1. The van der Waals surface area contributed by atoms with Crippen LogP contribution in [0.2, 0.25) is 0 Å². The van der Waals surface area contributed by atoms with E-state index < -0.39 is 0 Å². The van der Waals surface area contributed by atoms with Gasteiger partial charge in [0.25, 0.3) is 0 Å². The third-order valence-corrected chi connectivity index (χ3v) is 2.59. The Balaban J connectivity index is 2.28. The zero-order valence-electron chi connectivity index (χ0n) is 11.6. The molecule has 0 aromatic heterocycles. The Kier molecular flexibility index (Phi) is 7.58. The topological polar surface area (TPSA) is 45.6 Å². The predicted octanol–water partition coefficient (Wildman–Crippen LogP) is 1.92. The summed E-state index contributed by atoms with van der Waals surface area (Å²) in [6, 6.07) is 6.71. The number of rotatable bonds is 7. The maximum atomic E-state index is 13.4. The van der Waals surface area contributed by atoms with Crippen LogP contribution < -0.4 is 10.6 Å². The van der Waals surface area contributed by atoms with E-state index in [0.717, 1.165) is 26.2 Å². The summed E-state index contributed by atoms with van der Waals surface area (Å²) in [6.07, 6.45) is 0.911. The van der Waals surface area contributed by atoms with E-state index in [1.54, 1.807) is 19.2 Å². The molecule has 2 N–H and O–H groups in total. The quantitative estimate of drug-likeness (QED) is 0.451. The number of nitrogens with one attached hydrogen (secondary N) is 2. The molecule has 1 aromatic carbocycles. The number of hydrogen-bond donors (Lipinski definition) is 2. The van der Waals surface area contributed by atoms with Gasteiger partial charge in [0, 0.05) is 38.9 Å². The van der Waals surface area contributed by atoms with Crippen molar-refractivity contribution in [3.63, 3.8) is 0 Å². The molecular formula is C14H22FN3O. The largest absolute Gasteiger partial charge is 0.382 e. The van der Waals surface area contributed by atoms with Gasteiger partial charge in [-0.3, -0.25) is 4.99 Å². The number of hydrogen-bond acceptors (Lipinski definition) is 2. The van der Waals surface area contributed by atoms with Gasteiger partial charge in [-0.25, -0.2) is 4.39 Å². The zero-order valence-corrected chi connectivity index (χ0v) is 11.6. The molecule has 0 saturated carbocycles. The molecule has 0 unspecified atom stereocenters. The number of guanidine groups is 1. The minimum atomic E-state index is -0.207. The standard InChI is InChI=1S/C14H22FN3O/c1-3-19-10-6-9-17-14(16-2)18-11-12-7-4-5-8-13(12)15/h4-5,7-8H,3,6,9-11H2,1-2H3,(H2,16,17,18). The van der Waals surface area contributed by atoms with Crippen molar-refractivity contribution >= 4 is 5.96 Å². The van der Waals surface area contributed by atoms with Crippen LogP contribution >= 0.6 is 0 Å². The van der Waals surface area contributed by atoms with Gasteiger partial charge in [-0.1, -0.05) is 18.2 Å². The fourth-order valence-corrected chi connectivity index (χ4v) is 1.57. The molecule has 0 bridgehead atoms. The molecule has 0 amide bonds. The molecule has 1 rings (SSSR count). The molecule has 0 aliphatic carbocycles. The van der Waals surface area contributed by atoms with Gasteiger partial charge in [0.1, 0.15) is 5.82 Å². The summed E-state index contributed by atoms with van der Waals surface area (Å²) in [5.74, 6) is 0.460. The Hall–Kier alpha value is -1.62. The molecule has 5 heteroatoms. The van der Waals surface area contributed by atoms with Crippen LogP contribution in [0.15, 0.2) is 29.3 Å². The van der Waals surface area contributed by atoms with Crippen LogP contribution in [0, 0.1) is 5.82 Å². The highest BCUT2D eigenvalue weighted by molar-refractivity contribution is 5.79. The van der Waals surface area contributed by atoms with E-state index in [1.807, 2.05) is 13.0 Å². The third-order valence-electron chi connectivity index (χ3n) is 2.59. The van der Waals surface area contributed by atoms with Crippen LogP contribution in [0.4, 0.5) is 4.39 Å². The smallest absolute Gasteiger partial charge is 0.191 e. The minimum Gasteiger partial charge on any atom is -0.382 e. The number of halogens is 1. The average Bonchev–Trinajstić information content (AvgIpc) is 2.43. The summed E-state index contributed by atoms with van der Waals surface area (Å²) < 4.78 is 18.7. The summed E-state index contributed by atoms with van der Waals surface area (Å²) in [4.78, 5) is 4.08. The summed E-state index contributed by atoms with van der Waals surface area (Å²) >= 11 is 0. The number of aliphatic imine (C=N–C) groups is 1. The highest BCUT2D eigenvalue weighted by Gasteiger charge is 2.02. The van der Waals surface area contributed by atoms with E-state index in [9.17, 15) is 4.39 Å². The summed E-state index contributed by atoms with van der Waals surface area (Å²) in [5.41, 5.74) is 0.625. The van der Waals surface area contributed by atoms with Gasteiger partial charge < -0.3 is 15.4 Å². The molecule has 0 heterocycles. The highest BCUT2D eigenvalue weighted by Crippen LogP contribution is 2.05. The van der Waals surface area contributed by atoms with E-state index in [0.29, 0.717) is 18.1 Å². The molecule has 0 aliphatic heterocycles. The van der Waals surface area contributed by atoms with Gasteiger partial charge in [-0.05, 0) is 19.4 Å². The molecular weight excluding hydrogens is 245 g/mol. The van der Waals surface area contributed by atoms with Crippen molar-refractivity contribution in [1.82, 2.24) is 10.6 Å². The first-order valence-corrected chi connectivity index (χ1v) is 6.53. The molecule has 106 valence electrons. The van der Waals surface area contributed by atoms with Crippen LogP contribution in [0.1, 0.15) is 18.9 Å². The van der Waals surface area contributed by atoms with Crippen LogP contribution in [-0.2, 0) is 11.3 Å². The molecule has 0 spiro atoms. The average molecular weight is 267 g/mol. The second kappa shape index (κ2) is 9.33. The maximum Gasteiger partial charge on any atom is 0.191 e. The van der Waals surface area contributed by atoms with Crippen molar-refractivity contribution in [2.45, 2.75) is 19.9 Å². The first-order valence-electron chi connectivity index (χ1n) is 6.53. The van der Waals surface area contributed by atoms with E-state index in [1.165, 1.54) is 6.07 Å². The lowest BCUT2D eigenvalue weighted by atomic mass is 10.2. The lowest BCUT2D eigenvalue weighted by molar-refractivity contribution is 0.145. The van der Waals surface area contributed by atoms with Crippen molar-refractivity contribution < 1.29 is 9.13 Å². The Morgan fingerprint density at radius 1 is 1.32 bits per heavy atom. The molecule has 19 heavy (non-hydrogen) atoms. The van der Waals surface area contributed by atoms with Crippen molar-refractivity contribution in [3.8, 4) is 0 Å². The normalized spacial score (nSPS) is 11.4. The van der Waals surface area contributed by atoms with Gasteiger partial charge in [0.15, 0.2) is 5.96 Å². The second-order valence-electron chi connectivity index (χ2n) is 3.99. The van der Waals surface area contributed by atoms with Crippen molar-refractivity contribution in [2.75, 3.05) is 26.8 Å². The van der Waals surface area contributed by atoms with Gasteiger partial charge in [-0.15, -0.1) is 0 Å². The number of nitrogens with zero attached hydrogens (tertiary/aromatic N) is 1. The Morgan fingerprint density at radius 3 is 2.79 bits per heavy atom. The van der Waals surface area contributed by atoms with Gasteiger partial charge in [-0.2, -0.15) is 0 Å². The van der Waals surface area contributed by atoms with Gasteiger partial charge in [0.2, 0.25) is 0 Å². The van der Waals surface area contributed by atoms with Gasteiger partial charge >= 0.3 is 0 Å². The molecule has 0 aliphatic rings. The Labute approximate surface area is 114 Å². The lowest BCUT2D eigenvalue weighted by Gasteiger charge is -2.12. The first-order chi connectivity index (χ1) is 9.27. The predicted molar refractivity (Wildman–Crippen MR) is 75.7 cm³/mol. The van der Waals surface area contributed by atoms with E-state index >= 15 is 0 Å². The first kappa shape index (κ1) is 15.4. The van der Waals surface area contributed by atoms with Crippen LogP contribution in [0.25, 0.3) is 0 Å². The highest BCUT2D eigenvalue weighted by atomic mass is 19.1. The van der Waals surface area contributed by atoms with Crippen LogP contribution in [0.5, 0.6) is 0 Å². The zero-order chi connectivity index (χ0) is 13.9. The van der Waals surface area contributed by atoms with E-state index in [2.05, 4.69) is 15.6 Å². The third kappa shape index (κ3) is 6.20. The SMILES string of the molecule is CCOCCCNC(=NC)NCc1ccccc1F.